The Morgan fingerprint density at radius 1 is 0.255 bits per heavy atom. The van der Waals surface area contributed by atoms with Crippen LogP contribution in [0.2, 0.25) is 18.1 Å². The first-order chi connectivity index (χ1) is 22.1. The number of halogens is 9. The first-order valence-corrected chi connectivity index (χ1v) is 21.8. The van der Waals surface area contributed by atoms with Crippen molar-refractivity contribution in [2.45, 2.75) is 229 Å². The number of rotatable bonds is 33. The normalized spacial score (nSPS) is 13.1. The second kappa shape index (κ2) is 28.3. The van der Waals surface area contributed by atoms with Crippen LogP contribution < -0.4 is 5.40 Å². The molecule has 0 spiro atoms. The van der Waals surface area contributed by atoms with E-state index in [1.54, 1.807) is 0 Å². The van der Waals surface area contributed by atoms with Gasteiger partial charge in [0, 0.05) is 19.3 Å². The Kier molecular flexibility index (Phi) is 28.0. The van der Waals surface area contributed by atoms with Gasteiger partial charge < -0.3 is 5.40 Å². The summed E-state index contributed by atoms with van der Waals surface area (Å²) in [6, 6.07) is 3.42. The SMILES string of the molecule is N[Si](CCCCCCCCCCCC(F)(F)F)(CCCCCCCCCCCC(F)(F)F)CCCCCCCCCCCC(F)(F)F. The molecule has 284 valence electrons. The van der Waals surface area contributed by atoms with E-state index >= 15 is 0 Å². The highest BCUT2D eigenvalue weighted by molar-refractivity contribution is 6.76. The average Bonchev–Trinajstić information content (AvgIpc) is 2.96. The lowest BCUT2D eigenvalue weighted by atomic mass is 10.1. The van der Waals surface area contributed by atoms with Crippen molar-refractivity contribution in [3.63, 3.8) is 0 Å². The van der Waals surface area contributed by atoms with Crippen LogP contribution in [0.15, 0.2) is 0 Å². The van der Waals surface area contributed by atoms with Gasteiger partial charge >= 0.3 is 18.5 Å². The fraction of sp³-hybridized carbons (Fsp3) is 1.00. The summed E-state index contributed by atoms with van der Waals surface area (Å²) in [4.78, 5) is 0. The lowest BCUT2D eigenvalue weighted by molar-refractivity contribution is -0.136. The fourth-order valence-corrected chi connectivity index (χ4v) is 10.1. The molecule has 0 saturated carbocycles. The predicted octanol–water partition coefficient (Wildman–Crippen LogP) is 15.3. The summed E-state index contributed by atoms with van der Waals surface area (Å²) >= 11 is 0. The summed E-state index contributed by atoms with van der Waals surface area (Å²) in [5, 5.41) is 7.12. The molecule has 0 fully saturated rings. The number of hydrogen-bond acceptors (Lipinski definition) is 1. The van der Waals surface area contributed by atoms with Gasteiger partial charge in [0.05, 0.1) is 0 Å². The molecule has 0 atom stereocenters. The molecule has 0 aliphatic carbocycles. The number of unbranched alkanes of at least 4 members (excludes halogenated alkanes) is 24. The minimum atomic E-state index is -4.04. The van der Waals surface area contributed by atoms with Crippen LogP contribution in [0.4, 0.5) is 39.5 Å². The van der Waals surface area contributed by atoms with Crippen molar-refractivity contribution in [2.75, 3.05) is 0 Å². The zero-order valence-electron chi connectivity index (χ0n) is 29.3. The largest absolute Gasteiger partial charge is 0.389 e. The zero-order chi connectivity index (χ0) is 35.3. The molecule has 0 rings (SSSR count). The van der Waals surface area contributed by atoms with E-state index in [1.165, 1.54) is 0 Å². The molecule has 2 N–H and O–H groups in total. The molecule has 0 amide bonds. The highest BCUT2D eigenvalue weighted by atomic mass is 28.3. The van der Waals surface area contributed by atoms with Gasteiger partial charge in [-0.25, -0.2) is 0 Å². The number of nitrogens with two attached hydrogens (primary N) is 1. The summed E-state index contributed by atoms with van der Waals surface area (Å²) < 4.78 is 110. The molecule has 0 aliphatic heterocycles. The Morgan fingerprint density at radius 2 is 0.404 bits per heavy atom. The minimum absolute atomic E-state index is 0.232. The molecule has 0 radical (unpaired) electrons. The standard InChI is InChI=1S/C36H68F9NSi/c37-34(38,39)28-22-16-10-4-1-7-13-19-25-31-47(46,32-26-20-14-8-2-5-11-17-23-29-35(40,41)42)33-27-21-15-9-3-6-12-18-24-30-36(43,44)45/h1-33,46H2. The van der Waals surface area contributed by atoms with Crippen LogP contribution in [0.1, 0.15) is 193 Å². The van der Waals surface area contributed by atoms with Gasteiger partial charge in [0.1, 0.15) is 8.24 Å². The van der Waals surface area contributed by atoms with Gasteiger partial charge in [-0.3, -0.25) is 0 Å². The van der Waals surface area contributed by atoms with E-state index in [0.29, 0.717) is 19.3 Å². The summed E-state index contributed by atoms with van der Waals surface area (Å²) in [7, 11) is -1.84. The topological polar surface area (TPSA) is 26.0 Å². The molecule has 0 saturated heterocycles. The average molecular weight is 714 g/mol. The first kappa shape index (κ1) is 46.5. The maximum absolute atomic E-state index is 12.2. The summed E-state index contributed by atoms with van der Waals surface area (Å²) in [6.07, 6.45) is 11.1. The quantitative estimate of drug-likeness (QED) is 0.0409. The predicted molar refractivity (Wildman–Crippen MR) is 181 cm³/mol. The van der Waals surface area contributed by atoms with Gasteiger partial charge in [0.15, 0.2) is 0 Å². The van der Waals surface area contributed by atoms with Crippen LogP contribution in [-0.4, -0.2) is 26.8 Å². The smallest absolute Gasteiger partial charge is 0.351 e. The third-order valence-corrected chi connectivity index (χ3v) is 13.5. The Bertz CT molecular complexity index is 592. The highest BCUT2D eigenvalue weighted by Gasteiger charge is 2.28. The van der Waals surface area contributed by atoms with Crippen molar-refractivity contribution in [1.82, 2.24) is 0 Å². The summed E-state index contributed by atoms with van der Waals surface area (Å²) in [5.41, 5.74) is 0. The zero-order valence-corrected chi connectivity index (χ0v) is 30.3. The van der Waals surface area contributed by atoms with E-state index in [1.807, 2.05) is 0 Å². The van der Waals surface area contributed by atoms with E-state index in [4.69, 9.17) is 5.40 Å². The molecule has 0 heterocycles. The van der Waals surface area contributed by atoms with Crippen molar-refractivity contribution in [1.29, 1.82) is 0 Å². The summed E-state index contributed by atoms with van der Waals surface area (Å²) in [5.74, 6) is 0. The second-order valence-electron chi connectivity index (χ2n) is 14.3. The highest BCUT2D eigenvalue weighted by Crippen LogP contribution is 2.28. The molecule has 0 aromatic heterocycles. The van der Waals surface area contributed by atoms with Crippen molar-refractivity contribution < 1.29 is 39.5 Å². The van der Waals surface area contributed by atoms with Gasteiger partial charge in [-0.15, -0.1) is 0 Å². The second-order valence-corrected chi connectivity index (χ2v) is 18.5. The molecule has 0 aromatic rings. The third-order valence-electron chi connectivity index (χ3n) is 9.40. The van der Waals surface area contributed by atoms with E-state index in [-0.39, 0.29) is 19.3 Å². The van der Waals surface area contributed by atoms with Crippen molar-refractivity contribution in [2.24, 2.45) is 5.40 Å². The van der Waals surface area contributed by atoms with Crippen molar-refractivity contribution >= 4 is 8.24 Å². The molecule has 11 heteroatoms. The third kappa shape index (κ3) is 38.2. The lowest BCUT2D eigenvalue weighted by Gasteiger charge is -2.27. The maximum Gasteiger partial charge on any atom is 0.389 e. The summed E-state index contributed by atoms with van der Waals surface area (Å²) in [6.45, 7) is 0. The van der Waals surface area contributed by atoms with Crippen LogP contribution >= 0.6 is 0 Å². The van der Waals surface area contributed by atoms with E-state index in [9.17, 15) is 39.5 Å². The molecule has 47 heavy (non-hydrogen) atoms. The van der Waals surface area contributed by atoms with Crippen LogP contribution in [0.25, 0.3) is 0 Å². The molecule has 0 aromatic carbocycles. The van der Waals surface area contributed by atoms with E-state index in [0.717, 1.165) is 153 Å². The van der Waals surface area contributed by atoms with Crippen LogP contribution in [0, 0.1) is 0 Å². The number of alkyl halides is 9. The van der Waals surface area contributed by atoms with Gasteiger partial charge in [-0.2, -0.15) is 39.5 Å². The van der Waals surface area contributed by atoms with Crippen LogP contribution in [0.5, 0.6) is 0 Å². The van der Waals surface area contributed by atoms with Gasteiger partial charge in [0.25, 0.3) is 0 Å². The Hall–Kier alpha value is -0.453. The Balaban J connectivity index is 4.17. The molecule has 0 aliphatic rings. The minimum Gasteiger partial charge on any atom is -0.351 e. The Labute approximate surface area is 282 Å². The Morgan fingerprint density at radius 3 is 0.574 bits per heavy atom. The van der Waals surface area contributed by atoms with Crippen LogP contribution in [0.3, 0.4) is 0 Å². The molecule has 0 bridgehead atoms. The van der Waals surface area contributed by atoms with Gasteiger partial charge in [-0.1, -0.05) is 154 Å². The monoisotopic (exact) mass is 713 g/mol. The molecule has 0 unspecified atom stereocenters. The fourth-order valence-electron chi connectivity index (χ4n) is 6.49. The first-order valence-electron chi connectivity index (χ1n) is 19.1. The van der Waals surface area contributed by atoms with E-state index in [2.05, 4.69) is 0 Å². The number of hydrogen-bond donors (Lipinski definition) is 1. The van der Waals surface area contributed by atoms with Crippen LogP contribution in [-0.2, 0) is 0 Å². The molecule has 1 nitrogen and oxygen atoms in total. The van der Waals surface area contributed by atoms with Crippen molar-refractivity contribution in [3.8, 4) is 0 Å². The molecular weight excluding hydrogens is 645 g/mol. The lowest BCUT2D eigenvalue weighted by Crippen LogP contribution is -2.45. The van der Waals surface area contributed by atoms with E-state index < -0.39 is 46.0 Å². The van der Waals surface area contributed by atoms with Gasteiger partial charge in [-0.05, 0) is 37.4 Å². The van der Waals surface area contributed by atoms with Crippen molar-refractivity contribution in [3.05, 3.63) is 0 Å². The van der Waals surface area contributed by atoms with Gasteiger partial charge in [0.2, 0.25) is 0 Å². The maximum atomic E-state index is 12.2. The molecular formula is C36H68F9NSi.